The van der Waals surface area contributed by atoms with Gasteiger partial charge in [0.1, 0.15) is 0 Å². The quantitative estimate of drug-likeness (QED) is 0.749. The summed E-state index contributed by atoms with van der Waals surface area (Å²) in [5, 5.41) is 3.15. The first-order valence-electron chi connectivity index (χ1n) is 6.36. The van der Waals surface area contributed by atoms with E-state index in [-0.39, 0.29) is 5.91 Å². The molecule has 0 aliphatic carbocycles. The minimum Gasteiger partial charge on any atom is -0.352 e. The average molecular weight is 210 g/mol. The van der Waals surface area contributed by atoms with Crippen LogP contribution in [0.2, 0.25) is 0 Å². The number of amides is 1. The highest BCUT2D eigenvalue weighted by molar-refractivity contribution is 5.76. The molecular weight excluding hydrogens is 188 g/mol. The molecule has 2 aliphatic heterocycles. The topological polar surface area (TPSA) is 32.3 Å². The van der Waals surface area contributed by atoms with Crippen LogP contribution >= 0.6 is 0 Å². The molecule has 0 aromatic rings. The SMILES string of the molecule is O=C1CCCCC(CN2CCCCC2)N1. The van der Waals surface area contributed by atoms with Gasteiger partial charge in [-0.1, -0.05) is 12.8 Å². The van der Waals surface area contributed by atoms with Gasteiger partial charge in [-0.15, -0.1) is 0 Å². The van der Waals surface area contributed by atoms with E-state index in [9.17, 15) is 4.79 Å². The van der Waals surface area contributed by atoms with Gasteiger partial charge < -0.3 is 10.2 Å². The van der Waals surface area contributed by atoms with Crippen LogP contribution < -0.4 is 5.32 Å². The first-order chi connectivity index (χ1) is 7.34. The maximum Gasteiger partial charge on any atom is 0.220 e. The summed E-state index contributed by atoms with van der Waals surface area (Å²) < 4.78 is 0. The van der Waals surface area contributed by atoms with E-state index in [2.05, 4.69) is 10.2 Å². The Balaban J connectivity index is 1.78. The van der Waals surface area contributed by atoms with Gasteiger partial charge >= 0.3 is 0 Å². The third-order valence-electron chi connectivity index (χ3n) is 3.50. The molecule has 86 valence electrons. The number of nitrogens with one attached hydrogen (secondary N) is 1. The molecule has 0 aromatic carbocycles. The Kier molecular flexibility index (Phi) is 4.01. The maximum absolute atomic E-state index is 11.4. The van der Waals surface area contributed by atoms with Crippen LogP contribution in [0.15, 0.2) is 0 Å². The van der Waals surface area contributed by atoms with Gasteiger partial charge in [0.2, 0.25) is 5.91 Å². The zero-order valence-electron chi connectivity index (χ0n) is 9.50. The number of likely N-dealkylation sites (tertiary alicyclic amines) is 1. The van der Waals surface area contributed by atoms with Crippen LogP contribution in [-0.4, -0.2) is 36.5 Å². The van der Waals surface area contributed by atoms with Gasteiger partial charge in [0, 0.05) is 19.0 Å². The lowest BCUT2D eigenvalue weighted by atomic mass is 10.1. The summed E-state index contributed by atoms with van der Waals surface area (Å²) in [4.78, 5) is 13.9. The Morgan fingerprint density at radius 2 is 1.93 bits per heavy atom. The number of rotatable bonds is 2. The molecule has 0 radical (unpaired) electrons. The second-order valence-electron chi connectivity index (χ2n) is 4.87. The summed E-state index contributed by atoms with van der Waals surface area (Å²) in [6.07, 6.45) is 8.23. The first kappa shape index (κ1) is 10.9. The Morgan fingerprint density at radius 1 is 1.13 bits per heavy atom. The third-order valence-corrected chi connectivity index (χ3v) is 3.50. The lowest BCUT2D eigenvalue weighted by molar-refractivity contribution is -0.121. The smallest absolute Gasteiger partial charge is 0.220 e. The Morgan fingerprint density at radius 3 is 2.73 bits per heavy atom. The van der Waals surface area contributed by atoms with E-state index in [1.807, 2.05) is 0 Å². The Labute approximate surface area is 92.2 Å². The predicted octanol–water partition coefficient (Wildman–Crippen LogP) is 1.53. The zero-order chi connectivity index (χ0) is 10.5. The van der Waals surface area contributed by atoms with Gasteiger partial charge in [-0.2, -0.15) is 0 Å². The molecule has 15 heavy (non-hydrogen) atoms. The van der Waals surface area contributed by atoms with Crippen molar-refractivity contribution >= 4 is 5.91 Å². The third kappa shape index (κ3) is 3.49. The van der Waals surface area contributed by atoms with Crippen molar-refractivity contribution in [2.24, 2.45) is 0 Å². The fourth-order valence-corrected chi connectivity index (χ4v) is 2.64. The first-order valence-corrected chi connectivity index (χ1v) is 6.36. The van der Waals surface area contributed by atoms with Crippen molar-refractivity contribution in [3.63, 3.8) is 0 Å². The van der Waals surface area contributed by atoms with E-state index in [1.54, 1.807) is 0 Å². The van der Waals surface area contributed by atoms with E-state index < -0.39 is 0 Å². The van der Waals surface area contributed by atoms with E-state index >= 15 is 0 Å². The molecule has 0 bridgehead atoms. The number of hydrogen-bond acceptors (Lipinski definition) is 2. The summed E-state index contributed by atoms with van der Waals surface area (Å²) >= 11 is 0. The summed E-state index contributed by atoms with van der Waals surface area (Å²) in [7, 11) is 0. The van der Waals surface area contributed by atoms with Crippen LogP contribution in [0.5, 0.6) is 0 Å². The van der Waals surface area contributed by atoms with E-state index in [0.717, 1.165) is 19.4 Å². The molecule has 2 fully saturated rings. The monoisotopic (exact) mass is 210 g/mol. The van der Waals surface area contributed by atoms with Gasteiger partial charge in [0.15, 0.2) is 0 Å². The molecule has 0 spiro atoms. The predicted molar refractivity (Wildman–Crippen MR) is 60.7 cm³/mol. The number of hydrogen-bond donors (Lipinski definition) is 1. The van der Waals surface area contributed by atoms with Crippen molar-refractivity contribution in [2.75, 3.05) is 19.6 Å². The van der Waals surface area contributed by atoms with Gasteiger partial charge in [0.05, 0.1) is 0 Å². The van der Waals surface area contributed by atoms with E-state index in [4.69, 9.17) is 0 Å². The lowest BCUT2D eigenvalue weighted by Gasteiger charge is -2.30. The molecule has 2 aliphatic rings. The molecule has 1 N–H and O–H groups in total. The number of piperidine rings is 1. The summed E-state index contributed by atoms with van der Waals surface area (Å²) in [5.74, 6) is 0.259. The summed E-state index contributed by atoms with van der Waals surface area (Å²) in [5.41, 5.74) is 0. The molecule has 2 heterocycles. The van der Waals surface area contributed by atoms with Gasteiger partial charge in [-0.3, -0.25) is 4.79 Å². The summed E-state index contributed by atoms with van der Waals surface area (Å²) in [6.45, 7) is 3.53. The fourth-order valence-electron chi connectivity index (χ4n) is 2.64. The lowest BCUT2D eigenvalue weighted by Crippen LogP contribution is -2.44. The molecule has 3 nitrogen and oxygen atoms in total. The highest BCUT2D eigenvalue weighted by atomic mass is 16.1. The second kappa shape index (κ2) is 5.50. The molecule has 0 aromatic heterocycles. The molecule has 2 saturated heterocycles. The molecule has 1 amide bonds. The van der Waals surface area contributed by atoms with Crippen molar-refractivity contribution < 1.29 is 4.79 Å². The minimum absolute atomic E-state index is 0.259. The molecular formula is C12H22N2O. The molecule has 1 unspecified atom stereocenters. The fraction of sp³-hybridized carbons (Fsp3) is 0.917. The normalized spacial score (nSPS) is 29.6. The summed E-state index contributed by atoms with van der Waals surface area (Å²) in [6, 6.07) is 0.415. The maximum atomic E-state index is 11.4. The highest BCUT2D eigenvalue weighted by Crippen LogP contribution is 2.13. The highest BCUT2D eigenvalue weighted by Gasteiger charge is 2.20. The van der Waals surface area contributed by atoms with Gasteiger partial charge in [0.25, 0.3) is 0 Å². The van der Waals surface area contributed by atoms with Crippen molar-refractivity contribution in [1.29, 1.82) is 0 Å². The molecule has 0 saturated carbocycles. The van der Waals surface area contributed by atoms with Crippen LogP contribution in [0.3, 0.4) is 0 Å². The van der Waals surface area contributed by atoms with E-state index in [0.29, 0.717) is 6.04 Å². The minimum atomic E-state index is 0.259. The Hall–Kier alpha value is -0.570. The number of nitrogens with zero attached hydrogens (tertiary/aromatic N) is 1. The van der Waals surface area contributed by atoms with E-state index in [1.165, 1.54) is 45.2 Å². The number of carbonyl (C=O) groups excluding carboxylic acids is 1. The largest absolute Gasteiger partial charge is 0.352 e. The molecule has 3 heteroatoms. The number of carbonyl (C=O) groups is 1. The van der Waals surface area contributed by atoms with Crippen molar-refractivity contribution in [2.45, 2.75) is 51.0 Å². The average Bonchev–Trinajstić information content (AvgIpc) is 2.44. The zero-order valence-corrected chi connectivity index (χ0v) is 9.50. The van der Waals surface area contributed by atoms with Crippen LogP contribution in [0.1, 0.15) is 44.9 Å². The van der Waals surface area contributed by atoms with Crippen molar-refractivity contribution in [3.05, 3.63) is 0 Å². The van der Waals surface area contributed by atoms with Gasteiger partial charge in [-0.05, 0) is 38.8 Å². The second-order valence-corrected chi connectivity index (χ2v) is 4.87. The van der Waals surface area contributed by atoms with Crippen LogP contribution in [-0.2, 0) is 4.79 Å². The van der Waals surface area contributed by atoms with Crippen LogP contribution in [0, 0.1) is 0 Å². The van der Waals surface area contributed by atoms with Crippen LogP contribution in [0.25, 0.3) is 0 Å². The Bertz CT molecular complexity index is 212. The standard InChI is InChI=1S/C12H22N2O/c15-12-7-3-2-6-11(13-12)10-14-8-4-1-5-9-14/h11H,1-10H2,(H,13,15). The van der Waals surface area contributed by atoms with Crippen molar-refractivity contribution in [3.8, 4) is 0 Å². The van der Waals surface area contributed by atoms with Crippen LogP contribution in [0.4, 0.5) is 0 Å². The molecule has 1 atom stereocenters. The van der Waals surface area contributed by atoms with Crippen molar-refractivity contribution in [1.82, 2.24) is 10.2 Å². The van der Waals surface area contributed by atoms with Gasteiger partial charge in [-0.25, -0.2) is 0 Å². The molecule has 2 rings (SSSR count).